The molecule has 0 radical (unpaired) electrons. The molecule has 0 heterocycles. The lowest BCUT2D eigenvalue weighted by molar-refractivity contribution is -0.386. The fourth-order valence-corrected chi connectivity index (χ4v) is 1.15. The summed E-state index contributed by atoms with van der Waals surface area (Å²) in [6.45, 7) is 0. The number of nitrogens with zero attached hydrogens (tertiary/aromatic N) is 1. The molecule has 0 aromatic heterocycles. The third-order valence-electron chi connectivity index (χ3n) is 1.92. The topological polar surface area (TPSA) is 105 Å². The second kappa shape index (κ2) is 5.08. The van der Waals surface area contributed by atoms with E-state index in [4.69, 9.17) is 5.90 Å². The van der Waals surface area contributed by atoms with Crippen LogP contribution >= 0.6 is 0 Å². The van der Waals surface area contributed by atoms with E-state index >= 15 is 0 Å². The number of carbonyl (C=O) groups excluding carboxylic acids is 1. The summed E-state index contributed by atoms with van der Waals surface area (Å²) in [7, 11) is 1.24. The summed E-state index contributed by atoms with van der Waals surface area (Å²) in [4.78, 5) is 25.3. The molecule has 0 fully saturated rings. The predicted molar refractivity (Wildman–Crippen MR) is 53.6 cm³/mol. The molecule has 0 spiro atoms. The maximum absolute atomic E-state index is 11.0. The third kappa shape index (κ3) is 2.67. The van der Waals surface area contributed by atoms with Crippen LogP contribution in [0.25, 0.3) is 0 Å². The molecule has 16 heavy (non-hydrogen) atoms. The zero-order chi connectivity index (χ0) is 12.1. The quantitative estimate of drug-likeness (QED) is 0.457. The molecule has 0 saturated carbocycles. The van der Waals surface area contributed by atoms with Gasteiger partial charge in [0.05, 0.1) is 18.5 Å². The Balaban J connectivity index is 3.02. The van der Waals surface area contributed by atoms with Crippen molar-refractivity contribution in [1.82, 2.24) is 0 Å². The maximum atomic E-state index is 11.0. The molecule has 0 atom stereocenters. The van der Waals surface area contributed by atoms with Crippen LogP contribution in [-0.2, 0) is 16.0 Å². The maximum Gasteiger partial charge on any atom is 0.313 e. The number of nitrogens with two attached hydrogens (primary N) is 1. The van der Waals surface area contributed by atoms with Crippen LogP contribution in [-0.4, -0.2) is 18.0 Å². The molecule has 1 rings (SSSR count). The summed E-state index contributed by atoms with van der Waals surface area (Å²) >= 11 is 0. The number of nitro groups is 1. The number of ether oxygens (including phenoxy) is 1. The molecule has 86 valence electrons. The molecule has 1 aromatic rings. The first-order valence-corrected chi connectivity index (χ1v) is 4.29. The highest BCUT2D eigenvalue weighted by atomic mass is 16.6. The molecule has 7 heteroatoms. The Bertz CT molecular complexity index is 418. The summed E-state index contributed by atoms with van der Waals surface area (Å²) in [5, 5.41) is 10.6. The van der Waals surface area contributed by atoms with Crippen molar-refractivity contribution in [3.63, 3.8) is 0 Å². The summed E-state index contributed by atoms with van der Waals surface area (Å²) in [5.74, 6) is 4.34. The number of carbonyl (C=O) groups is 1. The van der Waals surface area contributed by atoms with Crippen LogP contribution in [0.3, 0.4) is 0 Å². The molecule has 0 aliphatic heterocycles. The minimum Gasteiger partial charge on any atom is -0.469 e. The SMILES string of the molecule is COC(=O)Cc1ccc(ON)c([N+](=O)[O-])c1. The number of methoxy groups -OCH3 is 1. The van der Waals surface area contributed by atoms with Gasteiger partial charge in [-0.15, -0.1) is 0 Å². The Hall–Kier alpha value is -2.15. The molecule has 0 unspecified atom stereocenters. The lowest BCUT2D eigenvalue weighted by Crippen LogP contribution is -2.07. The third-order valence-corrected chi connectivity index (χ3v) is 1.92. The molecular weight excluding hydrogens is 216 g/mol. The van der Waals surface area contributed by atoms with Crippen molar-refractivity contribution >= 4 is 11.7 Å². The first-order valence-electron chi connectivity index (χ1n) is 4.29. The van der Waals surface area contributed by atoms with Crippen molar-refractivity contribution in [3.05, 3.63) is 33.9 Å². The van der Waals surface area contributed by atoms with Crippen LogP contribution in [0.2, 0.25) is 0 Å². The first-order chi connectivity index (χ1) is 7.58. The van der Waals surface area contributed by atoms with Gasteiger partial charge < -0.3 is 9.57 Å². The molecule has 0 saturated heterocycles. The van der Waals surface area contributed by atoms with Crippen molar-refractivity contribution in [3.8, 4) is 5.75 Å². The van der Waals surface area contributed by atoms with Gasteiger partial charge in [0.25, 0.3) is 0 Å². The lowest BCUT2D eigenvalue weighted by atomic mass is 10.1. The van der Waals surface area contributed by atoms with Gasteiger partial charge in [0, 0.05) is 6.07 Å². The molecule has 0 aliphatic rings. The van der Waals surface area contributed by atoms with Gasteiger partial charge in [-0.25, -0.2) is 0 Å². The zero-order valence-corrected chi connectivity index (χ0v) is 8.50. The highest BCUT2D eigenvalue weighted by molar-refractivity contribution is 5.73. The van der Waals surface area contributed by atoms with Crippen molar-refractivity contribution in [1.29, 1.82) is 0 Å². The summed E-state index contributed by atoms with van der Waals surface area (Å²) in [6, 6.07) is 4.06. The largest absolute Gasteiger partial charge is 0.469 e. The summed E-state index contributed by atoms with van der Waals surface area (Å²) < 4.78 is 4.45. The van der Waals surface area contributed by atoms with E-state index in [-0.39, 0.29) is 17.9 Å². The number of hydrogen-bond acceptors (Lipinski definition) is 6. The van der Waals surface area contributed by atoms with Crippen LogP contribution in [0.1, 0.15) is 5.56 Å². The van der Waals surface area contributed by atoms with Gasteiger partial charge in [-0.1, -0.05) is 6.07 Å². The Morgan fingerprint density at radius 1 is 1.56 bits per heavy atom. The van der Waals surface area contributed by atoms with Crippen LogP contribution in [0.5, 0.6) is 5.75 Å². The average molecular weight is 226 g/mol. The average Bonchev–Trinajstić information content (AvgIpc) is 2.28. The van der Waals surface area contributed by atoms with Gasteiger partial charge in [-0.2, -0.15) is 5.90 Å². The van der Waals surface area contributed by atoms with Crippen LogP contribution < -0.4 is 10.7 Å². The second-order valence-corrected chi connectivity index (χ2v) is 2.93. The fraction of sp³-hybridized carbons (Fsp3) is 0.222. The minimum absolute atomic E-state index is 0.0395. The fourth-order valence-electron chi connectivity index (χ4n) is 1.15. The number of hydrogen-bond donors (Lipinski definition) is 1. The molecule has 0 amide bonds. The predicted octanol–water partition coefficient (Wildman–Crippen LogP) is 0.563. The smallest absolute Gasteiger partial charge is 0.313 e. The Labute approximate surface area is 90.9 Å². The number of benzene rings is 1. The van der Waals surface area contributed by atoms with Crippen LogP contribution in [0.15, 0.2) is 18.2 Å². The molecule has 0 aliphatic carbocycles. The molecule has 0 bridgehead atoms. The standard InChI is InChI=1S/C9H10N2O5/c1-15-9(12)5-6-2-3-8(16-10)7(4-6)11(13)14/h2-4H,5,10H2,1H3. The highest BCUT2D eigenvalue weighted by Crippen LogP contribution is 2.27. The van der Waals surface area contributed by atoms with Gasteiger partial charge in [0.1, 0.15) is 0 Å². The second-order valence-electron chi connectivity index (χ2n) is 2.93. The monoisotopic (exact) mass is 226 g/mol. The van der Waals surface area contributed by atoms with Gasteiger partial charge >= 0.3 is 11.7 Å². The van der Waals surface area contributed by atoms with Crippen molar-refractivity contribution in [2.75, 3.05) is 7.11 Å². The number of esters is 1. The Morgan fingerprint density at radius 2 is 2.25 bits per heavy atom. The van der Waals surface area contributed by atoms with Crippen molar-refractivity contribution < 1.29 is 19.3 Å². The van der Waals surface area contributed by atoms with Crippen LogP contribution in [0.4, 0.5) is 5.69 Å². The van der Waals surface area contributed by atoms with E-state index in [1.807, 2.05) is 0 Å². The highest BCUT2D eigenvalue weighted by Gasteiger charge is 2.16. The molecular formula is C9H10N2O5. The van der Waals surface area contributed by atoms with Gasteiger partial charge in [-0.3, -0.25) is 14.9 Å². The van der Waals surface area contributed by atoms with E-state index in [0.29, 0.717) is 5.56 Å². The van der Waals surface area contributed by atoms with E-state index in [2.05, 4.69) is 9.57 Å². The first kappa shape index (κ1) is 11.9. The van der Waals surface area contributed by atoms with E-state index in [9.17, 15) is 14.9 Å². The van der Waals surface area contributed by atoms with E-state index in [1.165, 1.54) is 25.3 Å². The number of nitro benzene ring substituents is 1. The van der Waals surface area contributed by atoms with Crippen LogP contribution in [0, 0.1) is 10.1 Å². The minimum atomic E-state index is -0.636. The molecule has 1 aromatic carbocycles. The summed E-state index contributed by atoms with van der Waals surface area (Å²) in [6.07, 6.45) is -0.0395. The van der Waals surface area contributed by atoms with Gasteiger partial charge in [0.2, 0.25) is 5.75 Å². The van der Waals surface area contributed by atoms with Gasteiger partial charge in [-0.05, 0) is 11.6 Å². The van der Waals surface area contributed by atoms with E-state index in [1.54, 1.807) is 0 Å². The van der Waals surface area contributed by atoms with Crippen molar-refractivity contribution in [2.45, 2.75) is 6.42 Å². The Kier molecular flexibility index (Phi) is 3.78. The normalized spacial score (nSPS) is 9.62. The molecule has 2 N–H and O–H groups in total. The Morgan fingerprint density at radius 3 is 2.75 bits per heavy atom. The zero-order valence-electron chi connectivity index (χ0n) is 8.50. The number of rotatable bonds is 4. The van der Waals surface area contributed by atoms with Crippen molar-refractivity contribution in [2.24, 2.45) is 5.90 Å². The van der Waals surface area contributed by atoms with E-state index in [0.717, 1.165) is 0 Å². The van der Waals surface area contributed by atoms with Gasteiger partial charge in [0.15, 0.2) is 0 Å². The van der Waals surface area contributed by atoms with E-state index < -0.39 is 10.9 Å². The molecule has 7 nitrogen and oxygen atoms in total. The lowest BCUT2D eigenvalue weighted by Gasteiger charge is -2.03. The summed E-state index contributed by atoms with van der Waals surface area (Å²) in [5.41, 5.74) is 0.170.